The SMILES string of the molecule is CC(C)(C)OC(=O)N1CC(F)(c2nnc([C@]34CN(c5ccc(C#N)c6ncccc56)C[C@@]3(C(F)(F)F)C4)o2)C1. The molecule has 2 aliphatic heterocycles. The van der Waals surface area contributed by atoms with Crippen LogP contribution in [0, 0.1) is 16.7 Å². The molecule has 1 amide bonds. The van der Waals surface area contributed by atoms with E-state index in [1.807, 2.05) is 0 Å². The Kier molecular flexibility index (Phi) is 5.07. The van der Waals surface area contributed by atoms with E-state index in [2.05, 4.69) is 21.3 Å². The van der Waals surface area contributed by atoms with Gasteiger partial charge >= 0.3 is 12.3 Å². The molecule has 4 heterocycles. The summed E-state index contributed by atoms with van der Waals surface area (Å²) >= 11 is 0. The van der Waals surface area contributed by atoms with Crippen molar-refractivity contribution in [3.05, 3.63) is 47.8 Å². The fourth-order valence-corrected chi connectivity index (χ4v) is 5.84. The van der Waals surface area contributed by atoms with E-state index < -0.39 is 53.3 Å². The maximum Gasteiger partial charge on any atom is 0.410 e. The molecule has 0 radical (unpaired) electrons. The van der Waals surface area contributed by atoms with Crippen LogP contribution >= 0.6 is 0 Å². The summed E-state index contributed by atoms with van der Waals surface area (Å²) in [5.41, 5.74) is -5.44. The molecule has 39 heavy (non-hydrogen) atoms. The Morgan fingerprint density at radius 2 is 1.82 bits per heavy atom. The molecule has 3 fully saturated rings. The van der Waals surface area contributed by atoms with E-state index in [-0.39, 0.29) is 25.4 Å². The average Bonchev–Trinajstić information content (AvgIpc) is 3.16. The van der Waals surface area contributed by atoms with Crippen LogP contribution in [0.3, 0.4) is 0 Å². The van der Waals surface area contributed by atoms with Gasteiger partial charge in [-0.3, -0.25) is 4.98 Å². The number of anilines is 1. The van der Waals surface area contributed by atoms with Crippen LogP contribution in [0.4, 0.5) is 28.0 Å². The van der Waals surface area contributed by atoms with Gasteiger partial charge in [-0.1, -0.05) is 0 Å². The topological polar surface area (TPSA) is 108 Å². The highest BCUT2D eigenvalue weighted by molar-refractivity contribution is 5.95. The summed E-state index contributed by atoms with van der Waals surface area (Å²) in [7, 11) is 0. The monoisotopic (exact) mass is 544 g/mol. The third-order valence-electron chi connectivity index (χ3n) is 7.82. The smallest absolute Gasteiger partial charge is 0.410 e. The van der Waals surface area contributed by atoms with Gasteiger partial charge in [-0.2, -0.15) is 18.4 Å². The zero-order chi connectivity index (χ0) is 28.0. The van der Waals surface area contributed by atoms with E-state index in [4.69, 9.17) is 9.15 Å². The number of ether oxygens (including phenoxy) is 1. The van der Waals surface area contributed by atoms with Crippen LogP contribution in [0.1, 0.15) is 44.5 Å². The lowest BCUT2D eigenvalue weighted by Crippen LogP contribution is -2.59. The number of carbonyl (C=O) groups is 1. The third kappa shape index (κ3) is 3.64. The largest absolute Gasteiger partial charge is 0.444 e. The number of amides is 1. The zero-order valence-electron chi connectivity index (χ0n) is 21.3. The number of piperidine rings is 1. The second-order valence-electron chi connectivity index (χ2n) is 11.6. The van der Waals surface area contributed by atoms with Gasteiger partial charge in [0.15, 0.2) is 0 Å². The molecule has 13 heteroatoms. The first-order chi connectivity index (χ1) is 18.2. The van der Waals surface area contributed by atoms with E-state index in [1.165, 1.54) is 12.3 Å². The standard InChI is InChI=1S/C26H24F4N6O3/c1-22(2,3)39-21(37)36-12-24(27,13-36)20-34-33-19(38-20)23-10-25(23,26(28,29)30)14-35(11-23)17-7-6-15(9-31)18-16(17)5-4-8-32-18/h4-8H,10-14H2,1-3H3/t23-,25-/m0/s1. The summed E-state index contributed by atoms with van der Waals surface area (Å²) in [6, 6.07) is 8.57. The number of nitriles is 1. The molecule has 1 aliphatic carbocycles. The van der Waals surface area contributed by atoms with Gasteiger partial charge < -0.3 is 19.0 Å². The van der Waals surface area contributed by atoms with Gasteiger partial charge in [-0.15, -0.1) is 10.2 Å². The number of pyridine rings is 1. The number of aromatic nitrogens is 3. The summed E-state index contributed by atoms with van der Waals surface area (Å²) in [5.74, 6) is -0.734. The van der Waals surface area contributed by atoms with Gasteiger partial charge in [0.05, 0.1) is 29.6 Å². The average molecular weight is 545 g/mol. The predicted molar refractivity (Wildman–Crippen MR) is 128 cm³/mol. The summed E-state index contributed by atoms with van der Waals surface area (Å²) in [4.78, 5) is 19.2. The Balaban J connectivity index is 1.29. The molecule has 0 N–H and O–H groups in total. The Labute approximate surface area is 220 Å². The molecule has 204 valence electrons. The van der Waals surface area contributed by atoms with Crippen molar-refractivity contribution in [3.8, 4) is 6.07 Å². The molecule has 6 rings (SSSR count). The van der Waals surface area contributed by atoms with E-state index in [0.717, 1.165) is 4.90 Å². The number of halogens is 4. The first-order valence-electron chi connectivity index (χ1n) is 12.3. The van der Waals surface area contributed by atoms with Crippen molar-refractivity contribution in [1.29, 1.82) is 5.26 Å². The van der Waals surface area contributed by atoms with Crippen molar-refractivity contribution >= 4 is 22.7 Å². The molecule has 9 nitrogen and oxygen atoms in total. The molecule has 3 aromatic rings. The normalized spacial score (nSPS) is 25.7. The van der Waals surface area contributed by atoms with Crippen molar-refractivity contribution in [1.82, 2.24) is 20.1 Å². The number of alkyl halides is 4. The van der Waals surface area contributed by atoms with Crippen molar-refractivity contribution in [2.24, 2.45) is 5.41 Å². The van der Waals surface area contributed by atoms with Crippen LogP contribution in [-0.2, 0) is 15.8 Å². The van der Waals surface area contributed by atoms with Gasteiger partial charge in [0.1, 0.15) is 17.1 Å². The molecule has 0 spiro atoms. The highest BCUT2D eigenvalue weighted by atomic mass is 19.4. The molecular formula is C26H24F4N6O3. The van der Waals surface area contributed by atoms with Crippen LogP contribution in [0.5, 0.6) is 0 Å². The molecule has 0 unspecified atom stereocenters. The van der Waals surface area contributed by atoms with Crippen LogP contribution < -0.4 is 4.90 Å². The predicted octanol–water partition coefficient (Wildman–Crippen LogP) is 4.62. The number of likely N-dealkylation sites (tertiary alicyclic amines) is 1. The van der Waals surface area contributed by atoms with Gasteiger partial charge in [0.25, 0.3) is 5.89 Å². The van der Waals surface area contributed by atoms with Gasteiger partial charge in [-0.25, -0.2) is 9.18 Å². The number of benzene rings is 1. The van der Waals surface area contributed by atoms with Crippen LogP contribution in [0.25, 0.3) is 10.9 Å². The molecule has 1 aromatic carbocycles. The molecular weight excluding hydrogens is 520 g/mol. The van der Waals surface area contributed by atoms with Crippen molar-refractivity contribution in [3.63, 3.8) is 0 Å². The molecule has 2 atom stereocenters. The fraction of sp³-hybridized carbons (Fsp3) is 0.500. The Hall–Kier alpha value is -3.95. The molecule has 2 saturated heterocycles. The van der Waals surface area contributed by atoms with Crippen LogP contribution in [0.2, 0.25) is 0 Å². The number of hydrogen-bond acceptors (Lipinski definition) is 8. The summed E-state index contributed by atoms with van der Waals surface area (Å²) in [6.07, 6.45) is -4.04. The summed E-state index contributed by atoms with van der Waals surface area (Å²) < 4.78 is 70.0. The number of nitrogens with zero attached hydrogens (tertiary/aromatic N) is 6. The number of hydrogen-bond donors (Lipinski definition) is 0. The quantitative estimate of drug-likeness (QED) is 0.440. The van der Waals surface area contributed by atoms with E-state index >= 15 is 4.39 Å². The first kappa shape index (κ1) is 25.3. The van der Waals surface area contributed by atoms with Gasteiger partial charge in [-0.05, 0) is 51.5 Å². The maximum atomic E-state index is 15.5. The Morgan fingerprint density at radius 1 is 1.10 bits per heavy atom. The lowest BCUT2D eigenvalue weighted by molar-refractivity contribution is -0.187. The van der Waals surface area contributed by atoms with Gasteiger partial charge in [0.2, 0.25) is 11.6 Å². The maximum absolute atomic E-state index is 15.5. The third-order valence-corrected chi connectivity index (χ3v) is 7.82. The second-order valence-corrected chi connectivity index (χ2v) is 11.6. The van der Waals surface area contributed by atoms with Crippen molar-refractivity contribution in [2.75, 3.05) is 31.1 Å². The Bertz CT molecular complexity index is 1540. The lowest BCUT2D eigenvalue weighted by Gasteiger charge is -2.42. The van der Waals surface area contributed by atoms with Crippen molar-refractivity contribution < 1.29 is 31.5 Å². The zero-order valence-corrected chi connectivity index (χ0v) is 21.3. The van der Waals surface area contributed by atoms with E-state index in [0.29, 0.717) is 22.2 Å². The minimum absolute atomic E-state index is 0.0899. The highest BCUT2D eigenvalue weighted by Crippen LogP contribution is 2.75. The minimum Gasteiger partial charge on any atom is -0.444 e. The fourth-order valence-electron chi connectivity index (χ4n) is 5.84. The second kappa shape index (κ2) is 7.80. The minimum atomic E-state index is -4.59. The summed E-state index contributed by atoms with van der Waals surface area (Å²) in [6.45, 7) is 3.78. The molecule has 3 aliphatic rings. The highest BCUT2D eigenvalue weighted by Gasteiger charge is 2.86. The first-order valence-corrected chi connectivity index (χ1v) is 12.3. The van der Waals surface area contributed by atoms with Crippen molar-refractivity contribution in [2.45, 2.75) is 50.1 Å². The number of carbonyl (C=O) groups excluding carboxylic acids is 1. The molecule has 2 aromatic heterocycles. The van der Waals surface area contributed by atoms with Crippen LogP contribution in [-0.4, -0.2) is 64.1 Å². The van der Waals surface area contributed by atoms with E-state index in [1.54, 1.807) is 43.9 Å². The summed E-state index contributed by atoms with van der Waals surface area (Å²) in [5, 5.41) is 17.6. The number of rotatable bonds is 3. The van der Waals surface area contributed by atoms with E-state index in [9.17, 15) is 23.2 Å². The van der Waals surface area contributed by atoms with Crippen LogP contribution in [0.15, 0.2) is 34.9 Å². The molecule has 0 bridgehead atoms. The molecule has 1 saturated carbocycles. The number of fused-ring (bicyclic) bond motifs is 2. The van der Waals surface area contributed by atoms with Gasteiger partial charge in [0, 0.05) is 30.4 Å². The lowest BCUT2D eigenvalue weighted by atomic mass is 9.95. The Morgan fingerprint density at radius 3 is 2.49 bits per heavy atom.